The molecule has 1 fully saturated rings. The van der Waals surface area contributed by atoms with E-state index in [1.807, 2.05) is 11.8 Å². The fourth-order valence-corrected chi connectivity index (χ4v) is 3.33. The molecule has 0 aromatic carbocycles. The molecule has 0 saturated carbocycles. The summed E-state index contributed by atoms with van der Waals surface area (Å²) >= 11 is 0. The monoisotopic (exact) mass is 394 g/mol. The zero-order chi connectivity index (χ0) is 17.7. The van der Waals surface area contributed by atoms with Gasteiger partial charge in [0.2, 0.25) is 15.9 Å². The smallest absolute Gasteiger partial charge is 0.235 e. The fraction of sp³-hybridized carbons (Fsp3) is 0.600. The molecule has 2 N–H and O–H groups in total. The van der Waals surface area contributed by atoms with Gasteiger partial charge in [0.05, 0.1) is 18.8 Å². The van der Waals surface area contributed by atoms with Crippen LogP contribution in [0.15, 0.2) is 18.3 Å². The number of rotatable bonds is 7. The van der Waals surface area contributed by atoms with Crippen molar-refractivity contribution < 1.29 is 17.6 Å². The Morgan fingerprint density at radius 1 is 1.44 bits per heavy atom. The van der Waals surface area contributed by atoms with Crippen molar-refractivity contribution in [1.82, 2.24) is 15.0 Å². The summed E-state index contributed by atoms with van der Waals surface area (Å²) in [5, 5.41) is 2.85. The van der Waals surface area contributed by atoms with Crippen molar-refractivity contribution in [3.63, 3.8) is 0 Å². The van der Waals surface area contributed by atoms with Gasteiger partial charge in [0.15, 0.2) is 11.6 Å². The molecule has 0 bridgehead atoms. The van der Waals surface area contributed by atoms with Crippen molar-refractivity contribution in [3.8, 4) is 0 Å². The molecule has 1 aliphatic heterocycles. The van der Waals surface area contributed by atoms with E-state index in [1.165, 1.54) is 18.3 Å². The zero-order valence-corrected chi connectivity index (χ0v) is 15.9. The van der Waals surface area contributed by atoms with Gasteiger partial charge in [-0.15, -0.1) is 12.4 Å². The Labute approximate surface area is 153 Å². The Morgan fingerprint density at radius 2 is 2.16 bits per heavy atom. The summed E-state index contributed by atoms with van der Waals surface area (Å²) in [5.74, 6) is -0.337. The first-order chi connectivity index (χ1) is 11.3. The lowest BCUT2D eigenvalue weighted by Crippen LogP contribution is -2.45. The van der Waals surface area contributed by atoms with Crippen molar-refractivity contribution in [2.75, 3.05) is 30.8 Å². The Balaban J connectivity index is 0.00000312. The van der Waals surface area contributed by atoms with E-state index in [1.54, 1.807) is 0 Å². The molecule has 0 spiro atoms. The number of hydrogen-bond acceptors (Lipinski definition) is 5. The van der Waals surface area contributed by atoms with Gasteiger partial charge in [0.25, 0.3) is 0 Å². The van der Waals surface area contributed by atoms with Gasteiger partial charge in [-0.05, 0) is 24.5 Å². The normalized spacial score (nSPS) is 20.2. The minimum absolute atomic E-state index is 0. The third kappa shape index (κ3) is 6.41. The highest BCUT2D eigenvalue weighted by Crippen LogP contribution is 2.27. The number of sulfonamides is 1. The quantitative estimate of drug-likeness (QED) is 0.717. The van der Waals surface area contributed by atoms with Crippen LogP contribution in [0.25, 0.3) is 0 Å². The Morgan fingerprint density at radius 3 is 2.76 bits per heavy atom. The maximum atomic E-state index is 13.9. The number of carbonyl (C=O) groups excluding carboxylic acids is 1. The van der Waals surface area contributed by atoms with Gasteiger partial charge in [-0.1, -0.05) is 13.3 Å². The maximum Gasteiger partial charge on any atom is 0.235 e. The zero-order valence-electron chi connectivity index (χ0n) is 14.2. The topological polar surface area (TPSA) is 91.4 Å². The lowest BCUT2D eigenvalue weighted by Gasteiger charge is -2.19. The molecular formula is C15H24ClFN4O3S. The van der Waals surface area contributed by atoms with Crippen LogP contribution in [0.1, 0.15) is 19.8 Å². The average molecular weight is 395 g/mol. The Hall–Kier alpha value is -1.45. The van der Waals surface area contributed by atoms with Crippen LogP contribution in [-0.4, -0.2) is 51.2 Å². The van der Waals surface area contributed by atoms with Crippen molar-refractivity contribution in [2.45, 2.75) is 25.8 Å². The predicted octanol–water partition coefficient (Wildman–Crippen LogP) is 0.913. The maximum absolute atomic E-state index is 13.9. The number of nitrogens with one attached hydrogen (secondary N) is 2. The number of nitrogens with zero attached hydrogens (tertiary/aromatic N) is 2. The van der Waals surface area contributed by atoms with Crippen LogP contribution in [0, 0.1) is 11.7 Å². The summed E-state index contributed by atoms with van der Waals surface area (Å²) in [6.45, 7) is 2.80. The van der Waals surface area contributed by atoms with Crippen LogP contribution in [0.4, 0.5) is 10.2 Å². The SMILES string of the molecule is CCC[C@H]1CN(c2ncccc2F)C[C@@H]1NC(=O)CNS(C)(=O)=O.Cl. The Kier molecular flexibility index (Phi) is 8.04. The molecule has 1 saturated heterocycles. The van der Waals surface area contributed by atoms with Crippen LogP contribution in [0.2, 0.25) is 0 Å². The highest BCUT2D eigenvalue weighted by molar-refractivity contribution is 7.88. The summed E-state index contributed by atoms with van der Waals surface area (Å²) in [4.78, 5) is 17.9. The predicted molar refractivity (Wildman–Crippen MR) is 96.8 cm³/mol. The first-order valence-electron chi connectivity index (χ1n) is 7.89. The number of pyridine rings is 1. The first kappa shape index (κ1) is 21.6. The standard InChI is InChI=1S/C15H23FN4O3S.ClH/c1-3-5-11-9-20(15-12(16)6-4-7-17-15)10-13(11)19-14(21)8-18-24(2,22)23;/h4,6-7,11,13,18H,3,5,8-10H2,1-2H3,(H,19,21);1H/t11-,13-;/m0./s1. The number of halogens is 2. The molecule has 2 heterocycles. The molecule has 2 atom stereocenters. The van der Waals surface area contributed by atoms with Gasteiger partial charge >= 0.3 is 0 Å². The minimum atomic E-state index is -3.42. The van der Waals surface area contributed by atoms with Gasteiger partial charge in [0.1, 0.15) is 0 Å². The molecule has 0 aliphatic carbocycles. The van der Waals surface area contributed by atoms with E-state index in [9.17, 15) is 17.6 Å². The molecule has 0 unspecified atom stereocenters. The van der Waals surface area contributed by atoms with Crippen molar-refractivity contribution in [3.05, 3.63) is 24.1 Å². The number of anilines is 1. The first-order valence-corrected chi connectivity index (χ1v) is 9.78. The van der Waals surface area contributed by atoms with Gasteiger partial charge < -0.3 is 10.2 Å². The molecule has 142 valence electrons. The number of carbonyl (C=O) groups is 1. The summed E-state index contributed by atoms with van der Waals surface area (Å²) < 4.78 is 38.2. The second-order valence-electron chi connectivity index (χ2n) is 6.03. The van der Waals surface area contributed by atoms with E-state index in [4.69, 9.17) is 0 Å². The van der Waals surface area contributed by atoms with E-state index in [-0.39, 0.29) is 36.7 Å². The molecule has 1 aromatic rings. The van der Waals surface area contributed by atoms with E-state index < -0.39 is 21.7 Å². The van der Waals surface area contributed by atoms with Gasteiger partial charge in [-0.2, -0.15) is 0 Å². The molecule has 2 rings (SSSR count). The largest absolute Gasteiger partial charge is 0.352 e. The molecule has 1 aliphatic rings. The van der Waals surface area contributed by atoms with Crippen LogP contribution < -0.4 is 14.9 Å². The van der Waals surface area contributed by atoms with Gasteiger partial charge in [-0.25, -0.2) is 22.5 Å². The van der Waals surface area contributed by atoms with E-state index >= 15 is 0 Å². The molecule has 1 amide bonds. The summed E-state index contributed by atoms with van der Waals surface area (Å²) in [6.07, 6.45) is 4.36. The van der Waals surface area contributed by atoms with E-state index in [0.29, 0.717) is 13.1 Å². The Bertz CT molecular complexity index is 689. The molecule has 10 heteroatoms. The third-order valence-electron chi connectivity index (χ3n) is 3.98. The van der Waals surface area contributed by atoms with Crippen molar-refractivity contribution in [1.29, 1.82) is 0 Å². The van der Waals surface area contributed by atoms with Crippen molar-refractivity contribution in [2.24, 2.45) is 5.92 Å². The van der Waals surface area contributed by atoms with Gasteiger partial charge in [-0.3, -0.25) is 4.79 Å². The van der Waals surface area contributed by atoms with E-state index in [0.717, 1.165) is 19.1 Å². The fourth-order valence-electron chi connectivity index (χ4n) is 2.94. The lowest BCUT2D eigenvalue weighted by atomic mass is 9.98. The van der Waals surface area contributed by atoms with Gasteiger partial charge in [0, 0.05) is 19.3 Å². The van der Waals surface area contributed by atoms with Crippen LogP contribution in [0.3, 0.4) is 0 Å². The van der Waals surface area contributed by atoms with Crippen molar-refractivity contribution >= 4 is 34.2 Å². The summed E-state index contributed by atoms with van der Waals surface area (Å²) in [6, 6.07) is 2.73. The van der Waals surface area contributed by atoms with Crippen LogP contribution in [-0.2, 0) is 14.8 Å². The number of amides is 1. The average Bonchev–Trinajstić information content (AvgIpc) is 2.88. The summed E-state index contributed by atoms with van der Waals surface area (Å²) in [7, 11) is -3.42. The number of aromatic nitrogens is 1. The van der Waals surface area contributed by atoms with E-state index in [2.05, 4.69) is 15.0 Å². The molecular weight excluding hydrogens is 371 g/mol. The third-order valence-corrected chi connectivity index (χ3v) is 4.65. The van der Waals surface area contributed by atoms with Crippen LogP contribution in [0.5, 0.6) is 0 Å². The molecule has 1 aromatic heterocycles. The second-order valence-corrected chi connectivity index (χ2v) is 7.86. The van der Waals surface area contributed by atoms with Crippen LogP contribution >= 0.6 is 12.4 Å². The molecule has 7 nitrogen and oxygen atoms in total. The minimum Gasteiger partial charge on any atom is -0.352 e. The molecule has 25 heavy (non-hydrogen) atoms. The second kappa shape index (κ2) is 9.30. The highest BCUT2D eigenvalue weighted by atomic mass is 35.5. The highest BCUT2D eigenvalue weighted by Gasteiger charge is 2.34. The molecule has 0 radical (unpaired) electrons. The lowest BCUT2D eigenvalue weighted by molar-refractivity contribution is -0.120. The summed E-state index contributed by atoms with van der Waals surface area (Å²) in [5.41, 5.74) is 0. The number of hydrogen-bond donors (Lipinski definition) is 2.